The molecule has 10 nitrogen and oxygen atoms in total. The van der Waals surface area contributed by atoms with Crippen molar-refractivity contribution in [3.8, 4) is 0 Å². The molecule has 11 heteroatoms. The highest BCUT2D eigenvalue weighted by molar-refractivity contribution is 9.10. The first kappa shape index (κ1) is 30.1. The van der Waals surface area contributed by atoms with Gasteiger partial charge in [0.1, 0.15) is 4.47 Å². The van der Waals surface area contributed by atoms with Crippen molar-refractivity contribution in [2.45, 2.75) is 43.7 Å². The number of carbonyl (C=O) groups is 2. The van der Waals surface area contributed by atoms with Crippen LogP contribution in [0, 0.1) is 5.41 Å². The number of carbonyl (C=O) groups excluding carboxylic acids is 2. The molecule has 7 rings (SSSR count). The van der Waals surface area contributed by atoms with Crippen molar-refractivity contribution < 1.29 is 9.59 Å². The topological polar surface area (TPSA) is 103 Å². The molecule has 5 heterocycles. The molecule has 0 bridgehead atoms. The van der Waals surface area contributed by atoms with E-state index in [1.165, 1.54) is 21.5 Å². The van der Waals surface area contributed by atoms with E-state index in [0.717, 1.165) is 63.5 Å². The monoisotopic (exact) mass is 673 g/mol. The number of likely N-dealkylation sites (tertiary alicyclic amines) is 2. The largest absolute Gasteiger partial charge is 0.379 e. The fraction of sp³-hybridized carbons (Fsp3) is 0.471. The van der Waals surface area contributed by atoms with Crippen molar-refractivity contribution in [2.75, 3.05) is 56.5 Å². The second kappa shape index (κ2) is 12.0. The Morgan fingerprint density at radius 2 is 1.67 bits per heavy atom. The van der Waals surface area contributed by atoms with E-state index in [9.17, 15) is 14.4 Å². The summed E-state index contributed by atoms with van der Waals surface area (Å²) in [6.45, 7) is 7.27. The average molecular weight is 675 g/mol. The molecule has 236 valence electrons. The maximum absolute atomic E-state index is 12.3. The smallest absolute Gasteiger partial charge is 0.282 e. The number of nitrogens with zero attached hydrogens (tertiary/aromatic N) is 5. The molecule has 1 spiro atoms. The standard InChI is InChI=1S/C34H40BrN7O3/c1-39-16-25(13-26(17-39)37-29-14-36-40(2)33(45)31(29)35)23-5-3-22(4-6-23)15-41-18-34(19-41)20-42(21-34)27-9-7-24(8-10-27)28-11-12-30(43)38-32(28)44/h3-10,14,25-26,28,37H,11-13,15-21H2,1-2H3,(H,38,43,44). The molecule has 4 aliphatic heterocycles. The van der Waals surface area contributed by atoms with Crippen molar-refractivity contribution >= 4 is 39.1 Å². The number of likely N-dealkylation sites (N-methyl/N-ethyl adjacent to an activating group) is 1. The normalized spacial score (nSPS) is 25.0. The Bertz CT molecular complexity index is 1640. The predicted octanol–water partition coefficient (Wildman–Crippen LogP) is 3.29. The lowest BCUT2D eigenvalue weighted by atomic mass is 9.72. The van der Waals surface area contributed by atoms with Crippen LogP contribution in [-0.4, -0.2) is 83.8 Å². The number of amides is 2. The van der Waals surface area contributed by atoms with E-state index in [1.54, 1.807) is 13.2 Å². The van der Waals surface area contributed by atoms with E-state index in [-0.39, 0.29) is 29.3 Å². The molecule has 45 heavy (non-hydrogen) atoms. The van der Waals surface area contributed by atoms with Gasteiger partial charge in [-0.05, 0) is 70.6 Å². The molecule has 2 amide bonds. The van der Waals surface area contributed by atoms with Gasteiger partial charge in [-0.3, -0.25) is 24.6 Å². The summed E-state index contributed by atoms with van der Waals surface area (Å²) in [6.07, 6.45) is 3.70. The van der Waals surface area contributed by atoms with Gasteiger partial charge in [-0.15, -0.1) is 0 Å². The van der Waals surface area contributed by atoms with Crippen LogP contribution >= 0.6 is 15.9 Å². The number of hydrogen-bond donors (Lipinski definition) is 2. The lowest BCUT2D eigenvalue weighted by molar-refractivity contribution is -0.134. The van der Waals surface area contributed by atoms with Crippen LogP contribution in [-0.2, 0) is 23.2 Å². The van der Waals surface area contributed by atoms with Gasteiger partial charge < -0.3 is 15.1 Å². The number of imide groups is 1. The zero-order valence-corrected chi connectivity index (χ0v) is 27.4. The third kappa shape index (κ3) is 6.17. The highest BCUT2D eigenvalue weighted by atomic mass is 79.9. The number of aryl methyl sites for hydroxylation is 1. The van der Waals surface area contributed by atoms with E-state index in [0.29, 0.717) is 28.6 Å². The third-order valence-electron chi connectivity index (χ3n) is 10.00. The van der Waals surface area contributed by atoms with Crippen molar-refractivity contribution in [3.63, 3.8) is 0 Å². The second-order valence-corrected chi connectivity index (χ2v) is 14.4. The zero-order valence-electron chi connectivity index (χ0n) is 25.8. The number of aromatic nitrogens is 2. The van der Waals surface area contributed by atoms with Crippen LogP contribution in [0.25, 0.3) is 0 Å². The van der Waals surface area contributed by atoms with E-state index >= 15 is 0 Å². The Morgan fingerprint density at radius 1 is 0.956 bits per heavy atom. The summed E-state index contributed by atoms with van der Waals surface area (Å²) in [5, 5.41) is 10.2. The molecule has 0 aliphatic carbocycles. The summed E-state index contributed by atoms with van der Waals surface area (Å²) in [6, 6.07) is 17.7. The molecule has 4 saturated heterocycles. The molecular formula is C34H40BrN7O3. The molecule has 4 aliphatic rings. The molecule has 0 radical (unpaired) electrons. The zero-order chi connectivity index (χ0) is 31.3. The summed E-state index contributed by atoms with van der Waals surface area (Å²) in [4.78, 5) is 43.3. The van der Waals surface area contributed by atoms with E-state index < -0.39 is 0 Å². The van der Waals surface area contributed by atoms with Crippen LogP contribution in [0.1, 0.15) is 47.8 Å². The number of piperidine rings is 2. The van der Waals surface area contributed by atoms with Crippen LogP contribution in [0.3, 0.4) is 0 Å². The van der Waals surface area contributed by atoms with Gasteiger partial charge in [0.15, 0.2) is 0 Å². The molecular weight excluding hydrogens is 634 g/mol. The maximum Gasteiger partial charge on any atom is 0.282 e. The molecule has 2 aromatic carbocycles. The van der Waals surface area contributed by atoms with Gasteiger partial charge in [-0.2, -0.15) is 5.10 Å². The minimum atomic E-state index is -0.232. The van der Waals surface area contributed by atoms with Crippen molar-refractivity contribution in [1.29, 1.82) is 0 Å². The highest BCUT2D eigenvalue weighted by Gasteiger charge is 2.51. The predicted molar refractivity (Wildman–Crippen MR) is 177 cm³/mol. The molecule has 3 unspecified atom stereocenters. The summed E-state index contributed by atoms with van der Waals surface area (Å²) < 4.78 is 1.86. The fourth-order valence-corrected chi connectivity index (χ4v) is 8.21. The Labute approximate surface area is 271 Å². The fourth-order valence-electron chi connectivity index (χ4n) is 7.74. The van der Waals surface area contributed by atoms with Crippen LogP contribution in [0.15, 0.2) is 64.0 Å². The molecule has 3 aromatic rings. The van der Waals surface area contributed by atoms with Gasteiger partial charge in [0.2, 0.25) is 11.8 Å². The van der Waals surface area contributed by atoms with Crippen molar-refractivity contribution in [1.82, 2.24) is 24.9 Å². The van der Waals surface area contributed by atoms with Crippen molar-refractivity contribution in [2.24, 2.45) is 12.5 Å². The number of rotatable bonds is 7. The SMILES string of the molecule is CN1CC(Nc2cnn(C)c(=O)c2Br)CC(c2ccc(CN3CC4(C3)CN(c3ccc(C5CCC(=O)NC5=O)cc3)C4)cc2)C1. The Kier molecular flexibility index (Phi) is 8.03. The molecule has 1 aromatic heterocycles. The number of hydrogen-bond acceptors (Lipinski definition) is 8. The molecule has 0 saturated carbocycles. The molecule has 2 N–H and O–H groups in total. The van der Waals surface area contributed by atoms with Crippen molar-refractivity contribution in [3.05, 3.63) is 86.2 Å². The molecule has 4 fully saturated rings. The minimum Gasteiger partial charge on any atom is -0.379 e. The first-order chi connectivity index (χ1) is 21.6. The lowest BCUT2D eigenvalue weighted by Crippen LogP contribution is -2.71. The van der Waals surface area contributed by atoms with Gasteiger partial charge in [0.05, 0.1) is 17.8 Å². The molecule has 3 atom stereocenters. The second-order valence-electron chi connectivity index (χ2n) is 13.6. The van der Waals surface area contributed by atoms with Crippen LogP contribution in [0.2, 0.25) is 0 Å². The quantitative estimate of drug-likeness (QED) is 0.369. The number of benzene rings is 2. The lowest BCUT2D eigenvalue weighted by Gasteiger charge is -2.61. The first-order valence-corrected chi connectivity index (χ1v) is 16.6. The summed E-state index contributed by atoms with van der Waals surface area (Å²) in [7, 11) is 3.81. The number of halogens is 1. The Hall–Kier alpha value is -3.54. The third-order valence-corrected chi connectivity index (χ3v) is 10.8. The Balaban J connectivity index is 0.888. The van der Waals surface area contributed by atoms with Crippen LogP contribution < -0.4 is 21.1 Å². The van der Waals surface area contributed by atoms with Gasteiger partial charge in [-0.1, -0.05) is 36.4 Å². The minimum absolute atomic E-state index is 0.141. The van der Waals surface area contributed by atoms with Gasteiger partial charge >= 0.3 is 0 Å². The summed E-state index contributed by atoms with van der Waals surface area (Å²) in [5.41, 5.74) is 5.88. The van der Waals surface area contributed by atoms with E-state index in [4.69, 9.17) is 0 Å². The van der Waals surface area contributed by atoms with Gasteiger partial charge in [-0.25, -0.2) is 4.68 Å². The van der Waals surface area contributed by atoms with Crippen LogP contribution in [0.5, 0.6) is 0 Å². The number of nitrogens with one attached hydrogen (secondary N) is 2. The first-order valence-electron chi connectivity index (χ1n) is 15.8. The van der Waals surface area contributed by atoms with E-state index in [2.05, 4.69) is 89.8 Å². The highest BCUT2D eigenvalue weighted by Crippen LogP contribution is 2.43. The van der Waals surface area contributed by atoms with Crippen LogP contribution in [0.4, 0.5) is 11.4 Å². The summed E-state index contributed by atoms with van der Waals surface area (Å²) in [5.74, 6) is -0.171. The Morgan fingerprint density at radius 3 is 2.38 bits per heavy atom. The van der Waals surface area contributed by atoms with E-state index in [1.807, 2.05) is 12.1 Å². The summed E-state index contributed by atoms with van der Waals surface area (Å²) >= 11 is 3.44. The van der Waals surface area contributed by atoms with Gasteiger partial charge in [0, 0.05) is 76.4 Å². The maximum atomic E-state index is 12.3. The van der Waals surface area contributed by atoms with Gasteiger partial charge in [0.25, 0.3) is 5.56 Å². The number of anilines is 2. The average Bonchev–Trinajstić information content (AvgIpc) is 2.98.